The molecule has 2 bridgehead atoms. The van der Waals surface area contributed by atoms with Gasteiger partial charge in [0.2, 0.25) is 11.7 Å². The van der Waals surface area contributed by atoms with Crippen molar-refractivity contribution < 1.29 is 39.1 Å². The molecule has 52 heavy (non-hydrogen) atoms. The van der Waals surface area contributed by atoms with Crippen molar-refractivity contribution in [3.63, 3.8) is 0 Å². The number of aromatic hydroxyl groups is 2. The number of carbonyl (C=O) groups excluding carboxylic acids is 1. The molecule has 3 aromatic carbocycles. The van der Waals surface area contributed by atoms with Gasteiger partial charge in [0.05, 0.1) is 36.5 Å². The van der Waals surface area contributed by atoms with Crippen LogP contribution in [0.5, 0.6) is 28.7 Å². The molecule has 6 N–H and O–H groups in total. The number of nitrogens with one attached hydrogen (secondary N) is 3. The summed E-state index contributed by atoms with van der Waals surface area (Å²) in [7, 11) is 1.54. The number of aromatic nitrogens is 1. The molecule has 0 aliphatic carbocycles. The minimum atomic E-state index is -1.57. The number of aryl methyl sites for hydroxylation is 2. The standard InChI is InChI=1S/C39H42N4O8S/c1-6-24-26-27(29(44)18(4)32-33(26)50-15-49-32)39(35-28-25-19(12-17(3)31(48-5)30(25)45)13-23(41-28)36(46)43(24)35)51-37(47)38(14-52-39)34-20(9-10-40-38)21-11-16(2)7-8-22(21)42-34/h7-8,11-12,23-24,28,35-36,40-42,44-46H,6,9-10,13-15H2,1-5H3/t23?,24-,28?,35?,36-,38+,39+/m0/s1. The number of esters is 1. The summed E-state index contributed by atoms with van der Waals surface area (Å²) in [5.41, 5.74) is 6.68. The molecule has 10 rings (SSSR count). The maximum absolute atomic E-state index is 15.2. The van der Waals surface area contributed by atoms with Crippen molar-refractivity contribution in [1.29, 1.82) is 0 Å². The summed E-state index contributed by atoms with van der Waals surface area (Å²) in [6.07, 6.45) is 0.750. The van der Waals surface area contributed by atoms with Gasteiger partial charge in [-0.1, -0.05) is 24.6 Å². The average molecular weight is 727 g/mol. The van der Waals surface area contributed by atoms with E-state index in [1.165, 1.54) is 18.9 Å². The molecule has 2 fully saturated rings. The number of H-pyrrole nitrogens is 1. The first kappa shape index (κ1) is 32.5. The van der Waals surface area contributed by atoms with Crippen LogP contribution in [0.2, 0.25) is 0 Å². The first-order valence-electron chi connectivity index (χ1n) is 18.0. The molecular formula is C39H42N4O8S. The van der Waals surface area contributed by atoms with E-state index in [9.17, 15) is 15.3 Å². The van der Waals surface area contributed by atoms with E-state index in [2.05, 4.69) is 40.7 Å². The van der Waals surface area contributed by atoms with Crippen LogP contribution in [0.15, 0.2) is 24.3 Å². The lowest BCUT2D eigenvalue weighted by Crippen LogP contribution is -2.74. The van der Waals surface area contributed by atoms with Gasteiger partial charge in [-0.3, -0.25) is 10.2 Å². The van der Waals surface area contributed by atoms with Gasteiger partial charge in [0.25, 0.3) is 0 Å². The summed E-state index contributed by atoms with van der Waals surface area (Å²) in [6.45, 7) is 8.33. The summed E-state index contributed by atoms with van der Waals surface area (Å²) in [5.74, 6) is 1.08. The zero-order chi connectivity index (χ0) is 36.0. The highest BCUT2D eigenvalue weighted by atomic mass is 32.2. The average Bonchev–Trinajstić information content (AvgIpc) is 3.77. The Morgan fingerprint density at radius 3 is 2.67 bits per heavy atom. The number of benzene rings is 3. The quantitative estimate of drug-likeness (QED) is 0.162. The van der Waals surface area contributed by atoms with E-state index in [-0.39, 0.29) is 24.0 Å². The fourth-order valence-electron chi connectivity index (χ4n) is 10.3. The van der Waals surface area contributed by atoms with Crippen molar-refractivity contribution in [3.05, 3.63) is 74.5 Å². The van der Waals surface area contributed by atoms with Gasteiger partial charge in [-0.15, -0.1) is 11.8 Å². The Morgan fingerprint density at radius 2 is 1.90 bits per heavy atom. The van der Waals surface area contributed by atoms with Gasteiger partial charge in [0.1, 0.15) is 12.0 Å². The Kier molecular flexibility index (Phi) is 6.85. The zero-order valence-electron chi connectivity index (χ0n) is 29.7. The molecule has 13 heteroatoms. The van der Waals surface area contributed by atoms with Gasteiger partial charge >= 0.3 is 5.97 Å². The Balaban J connectivity index is 1.22. The monoisotopic (exact) mass is 726 g/mol. The van der Waals surface area contributed by atoms with E-state index in [1.807, 2.05) is 24.8 Å². The predicted octanol–water partition coefficient (Wildman–Crippen LogP) is 4.45. The summed E-state index contributed by atoms with van der Waals surface area (Å²) >= 11 is 1.43. The fourth-order valence-corrected chi connectivity index (χ4v) is 12.0. The molecule has 0 radical (unpaired) electrons. The van der Waals surface area contributed by atoms with E-state index < -0.39 is 46.8 Å². The van der Waals surface area contributed by atoms with Crippen LogP contribution in [-0.2, 0) is 32.8 Å². The Labute approximate surface area is 304 Å². The third-order valence-corrected chi connectivity index (χ3v) is 14.0. The topological polar surface area (TPSA) is 158 Å². The number of fused-ring (bicyclic) bond motifs is 15. The minimum absolute atomic E-state index is 0.0143. The van der Waals surface area contributed by atoms with Crippen LogP contribution in [0.1, 0.15) is 75.6 Å². The van der Waals surface area contributed by atoms with Gasteiger partial charge in [-0.05, 0) is 68.9 Å². The molecule has 6 aliphatic rings. The van der Waals surface area contributed by atoms with Crippen LogP contribution in [-0.4, -0.2) is 75.7 Å². The van der Waals surface area contributed by atoms with E-state index in [4.69, 9.17) is 18.9 Å². The SMILES string of the molecule is CC[C@H]1c2c3c(c(C)c(O)c2[C@]2(OC(=O)[C@]4(CS2)NCCc2c4[nH]c4ccc(C)cc24)C2C4NC(Cc5cc(C)c(OC)c(O)c54)[C@H](O)N21)OCO3. The minimum Gasteiger partial charge on any atom is -0.507 e. The second kappa shape index (κ2) is 11.0. The highest BCUT2D eigenvalue weighted by Crippen LogP contribution is 2.67. The van der Waals surface area contributed by atoms with Gasteiger partial charge in [-0.2, -0.15) is 0 Å². The van der Waals surface area contributed by atoms with Gasteiger partial charge in [-0.25, -0.2) is 4.79 Å². The molecule has 6 aliphatic heterocycles. The van der Waals surface area contributed by atoms with Crippen molar-refractivity contribution >= 4 is 28.6 Å². The number of aromatic amines is 1. The van der Waals surface area contributed by atoms with Crippen LogP contribution in [0.3, 0.4) is 0 Å². The number of ether oxygens (including phenoxy) is 4. The molecule has 272 valence electrons. The number of piperazine rings is 1. The third-order valence-electron chi connectivity index (χ3n) is 12.5. The van der Waals surface area contributed by atoms with Crippen LogP contribution in [0, 0.1) is 20.8 Å². The molecule has 0 saturated carbocycles. The number of carbonyl (C=O) groups is 1. The van der Waals surface area contributed by atoms with Crippen molar-refractivity contribution in [3.8, 4) is 28.7 Å². The van der Waals surface area contributed by atoms with Gasteiger partial charge < -0.3 is 44.6 Å². The van der Waals surface area contributed by atoms with Crippen LogP contribution < -0.4 is 24.8 Å². The molecule has 12 nitrogen and oxygen atoms in total. The first-order valence-corrected chi connectivity index (χ1v) is 19.0. The van der Waals surface area contributed by atoms with Crippen LogP contribution in [0.4, 0.5) is 0 Å². The van der Waals surface area contributed by atoms with Crippen molar-refractivity contribution in [2.24, 2.45) is 0 Å². The van der Waals surface area contributed by atoms with E-state index >= 15 is 4.79 Å². The van der Waals surface area contributed by atoms with Crippen molar-refractivity contribution in [2.45, 2.75) is 87.8 Å². The number of nitrogens with zero attached hydrogens (tertiary/aromatic N) is 1. The molecule has 7 atom stereocenters. The Bertz CT molecular complexity index is 2240. The van der Waals surface area contributed by atoms with E-state index in [0.29, 0.717) is 58.9 Å². The predicted molar refractivity (Wildman–Crippen MR) is 193 cm³/mol. The summed E-state index contributed by atoms with van der Waals surface area (Å²) in [5, 5.41) is 44.9. The highest BCUT2D eigenvalue weighted by Gasteiger charge is 2.69. The number of aliphatic hydroxyl groups excluding tert-OH is 1. The molecule has 0 amide bonds. The first-order chi connectivity index (χ1) is 25.0. The van der Waals surface area contributed by atoms with Crippen molar-refractivity contribution in [2.75, 3.05) is 26.2 Å². The maximum atomic E-state index is 15.2. The number of phenolic OH excluding ortho intramolecular Hbond substituents is 2. The lowest BCUT2D eigenvalue weighted by atomic mass is 9.72. The smallest absolute Gasteiger partial charge is 0.335 e. The molecule has 4 aromatic rings. The number of methoxy groups -OCH3 is 1. The number of phenols is 2. The maximum Gasteiger partial charge on any atom is 0.335 e. The molecule has 7 heterocycles. The summed E-state index contributed by atoms with van der Waals surface area (Å²) < 4.78 is 24.8. The molecule has 3 unspecified atom stereocenters. The fraction of sp³-hybridized carbons (Fsp3) is 0.462. The lowest BCUT2D eigenvalue weighted by molar-refractivity contribution is -0.197. The zero-order valence-corrected chi connectivity index (χ0v) is 30.5. The van der Waals surface area contributed by atoms with Crippen LogP contribution in [0.25, 0.3) is 10.9 Å². The number of hydrogen-bond donors (Lipinski definition) is 6. The van der Waals surface area contributed by atoms with E-state index in [1.54, 1.807) is 6.92 Å². The molecule has 1 aromatic heterocycles. The molecule has 2 spiro atoms. The third kappa shape index (κ3) is 3.90. The molecule has 2 saturated heterocycles. The van der Waals surface area contributed by atoms with Gasteiger partial charge in [0.15, 0.2) is 28.5 Å². The second-order valence-electron chi connectivity index (χ2n) is 15.1. The van der Waals surface area contributed by atoms with Crippen LogP contribution >= 0.6 is 11.8 Å². The largest absolute Gasteiger partial charge is 0.507 e. The van der Waals surface area contributed by atoms with Crippen molar-refractivity contribution in [1.82, 2.24) is 20.5 Å². The van der Waals surface area contributed by atoms with E-state index in [0.717, 1.165) is 45.3 Å². The number of thioether (sulfide) groups is 1. The number of hydrogen-bond acceptors (Lipinski definition) is 12. The van der Waals surface area contributed by atoms with Gasteiger partial charge in [0, 0.05) is 45.9 Å². The summed E-state index contributed by atoms with van der Waals surface area (Å²) in [6, 6.07) is 6.03. The number of rotatable bonds is 2. The Hall–Kier alpha value is -4.14. The summed E-state index contributed by atoms with van der Waals surface area (Å²) in [4.78, 5) is 19.2. The molecular weight excluding hydrogens is 685 g/mol. The second-order valence-corrected chi connectivity index (χ2v) is 16.3. The number of aliphatic hydroxyl groups is 1. The normalized spacial score (nSPS) is 31.3. The lowest BCUT2D eigenvalue weighted by Gasteiger charge is -2.63. The Morgan fingerprint density at radius 1 is 1.10 bits per heavy atom. The highest BCUT2D eigenvalue weighted by molar-refractivity contribution is 8.00.